The topological polar surface area (TPSA) is 87.2 Å². The summed E-state index contributed by atoms with van der Waals surface area (Å²) in [6.45, 7) is 4.08. The second-order valence-electron chi connectivity index (χ2n) is 7.39. The van der Waals surface area contributed by atoms with Gasteiger partial charge < -0.3 is 29.7 Å². The van der Waals surface area contributed by atoms with Crippen molar-refractivity contribution in [3.63, 3.8) is 0 Å². The van der Waals surface area contributed by atoms with Gasteiger partial charge in [0.15, 0.2) is 0 Å². The first-order valence-corrected chi connectivity index (χ1v) is 11.1. The fraction of sp³-hybridized carbons (Fsp3) is 0.429. The van der Waals surface area contributed by atoms with Gasteiger partial charge in [0.25, 0.3) is 0 Å². The zero-order valence-corrected chi connectivity index (χ0v) is 18.7. The van der Waals surface area contributed by atoms with Gasteiger partial charge in [-0.1, -0.05) is 30.3 Å². The summed E-state index contributed by atoms with van der Waals surface area (Å²) in [5.41, 5.74) is 0.917. The van der Waals surface area contributed by atoms with Crippen LogP contribution in [0.5, 0.6) is 0 Å². The highest BCUT2D eigenvalue weighted by Gasteiger charge is 2.34. The summed E-state index contributed by atoms with van der Waals surface area (Å²) >= 11 is 2.28. The number of ether oxygens (including phenoxy) is 2. The van der Waals surface area contributed by atoms with Crippen molar-refractivity contribution in [3.8, 4) is 0 Å². The van der Waals surface area contributed by atoms with E-state index in [0.29, 0.717) is 26.3 Å². The Morgan fingerprint density at radius 2 is 1.87 bits per heavy atom. The average Bonchev–Trinajstić information content (AvgIpc) is 3.13. The van der Waals surface area contributed by atoms with Crippen LogP contribution in [-0.4, -0.2) is 67.7 Å². The Hall–Kier alpha value is -2.11. The molecular weight excluding hydrogens is 499 g/mol. The Morgan fingerprint density at radius 3 is 2.60 bits per heavy atom. The lowest BCUT2D eigenvalue weighted by Gasteiger charge is -2.29. The number of amides is 1. The molecule has 2 aliphatic rings. The van der Waals surface area contributed by atoms with E-state index >= 15 is 0 Å². The molecule has 1 aromatic carbocycles. The van der Waals surface area contributed by atoms with E-state index in [1.807, 2.05) is 41.3 Å². The number of alkyl carbamates (subject to hydrolysis) is 1. The number of aliphatic hydroxyl groups excluding tert-OH is 1. The van der Waals surface area contributed by atoms with Gasteiger partial charge in [-0.15, -0.1) is 0 Å². The minimum atomic E-state index is -0.694. The molecule has 2 N–H and O–H groups in total. The number of nitrogens with one attached hydrogen (secondary N) is 1. The quantitative estimate of drug-likeness (QED) is 0.579. The van der Waals surface area contributed by atoms with Gasteiger partial charge in [-0.05, 0) is 40.3 Å². The number of morpholine rings is 1. The molecular formula is C21H25IN4O4. The molecule has 1 amide bonds. The molecule has 0 bridgehead atoms. The van der Waals surface area contributed by atoms with E-state index in [0.717, 1.165) is 33.9 Å². The number of pyridine rings is 1. The Balaban J connectivity index is 1.36. The maximum absolute atomic E-state index is 12.2. The SMILES string of the molecule is O=C(N[C@@H]1CN(c2cc(I)cc(N3CCOCC3)n2)C[C@H]1O)OCc1ccccc1. The number of carbonyl (C=O) groups excluding carboxylic acids is 1. The lowest BCUT2D eigenvalue weighted by atomic mass is 10.2. The fourth-order valence-electron chi connectivity index (χ4n) is 3.62. The number of aliphatic hydroxyl groups is 1. The molecule has 0 radical (unpaired) electrons. The fourth-order valence-corrected chi connectivity index (χ4v) is 4.18. The van der Waals surface area contributed by atoms with Gasteiger partial charge in [-0.25, -0.2) is 9.78 Å². The number of carbonyl (C=O) groups is 1. The first-order valence-electron chi connectivity index (χ1n) is 9.99. The second-order valence-corrected chi connectivity index (χ2v) is 8.63. The molecule has 9 heteroatoms. The number of nitrogens with zero attached hydrogens (tertiary/aromatic N) is 3. The summed E-state index contributed by atoms with van der Waals surface area (Å²) in [5.74, 6) is 1.71. The van der Waals surface area contributed by atoms with Crippen LogP contribution < -0.4 is 15.1 Å². The Kier molecular flexibility index (Phi) is 6.90. The standard InChI is InChI=1S/C21H25IN4O4/c22-16-10-19(25-6-8-29-9-7-25)24-20(11-16)26-12-17(18(27)13-26)23-21(28)30-14-15-4-2-1-3-5-15/h1-5,10-11,17-18,27H,6-9,12-14H2,(H,23,28)/t17-,18-/m1/s1. The van der Waals surface area contributed by atoms with Crippen molar-refractivity contribution in [1.29, 1.82) is 0 Å². The zero-order valence-electron chi connectivity index (χ0n) is 16.5. The Bertz CT molecular complexity index is 863. The van der Waals surface area contributed by atoms with Crippen LogP contribution in [0, 0.1) is 3.57 Å². The van der Waals surface area contributed by atoms with E-state index in [-0.39, 0.29) is 6.61 Å². The number of hydrogen-bond donors (Lipinski definition) is 2. The Morgan fingerprint density at radius 1 is 1.17 bits per heavy atom. The third-order valence-electron chi connectivity index (χ3n) is 5.23. The predicted molar refractivity (Wildman–Crippen MR) is 122 cm³/mol. The van der Waals surface area contributed by atoms with Gasteiger partial charge in [0.2, 0.25) is 0 Å². The minimum Gasteiger partial charge on any atom is -0.445 e. The number of aromatic nitrogens is 1. The molecule has 3 heterocycles. The van der Waals surface area contributed by atoms with E-state index in [1.165, 1.54) is 0 Å². The van der Waals surface area contributed by atoms with Crippen LogP contribution in [0.1, 0.15) is 5.56 Å². The molecule has 2 aliphatic heterocycles. The monoisotopic (exact) mass is 524 g/mol. The molecule has 0 saturated carbocycles. The maximum Gasteiger partial charge on any atom is 0.407 e. The highest BCUT2D eigenvalue weighted by Crippen LogP contribution is 2.25. The molecule has 4 rings (SSSR count). The molecule has 0 unspecified atom stereocenters. The van der Waals surface area contributed by atoms with Crippen LogP contribution in [0.25, 0.3) is 0 Å². The third kappa shape index (κ3) is 5.32. The lowest BCUT2D eigenvalue weighted by Crippen LogP contribution is -2.43. The summed E-state index contributed by atoms with van der Waals surface area (Å²) in [4.78, 5) is 21.2. The molecule has 1 aromatic heterocycles. The van der Waals surface area contributed by atoms with Crippen molar-refractivity contribution in [2.75, 3.05) is 49.2 Å². The minimum absolute atomic E-state index is 0.195. The van der Waals surface area contributed by atoms with E-state index in [9.17, 15) is 9.90 Å². The molecule has 0 aliphatic carbocycles. The van der Waals surface area contributed by atoms with Crippen LogP contribution >= 0.6 is 22.6 Å². The molecule has 2 atom stereocenters. The van der Waals surface area contributed by atoms with Crippen molar-refractivity contribution in [2.24, 2.45) is 0 Å². The van der Waals surface area contributed by atoms with Crippen molar-refractivity contribution >= 4 is 40.3 Å². The second kappa shape index (κ2) is 9.80. The normalized spacial score (nSPS) is 21.5. The van der Waals surface area contributed by atoms with Gasteiger partial charge in [0.1, 0.15) is 18.2 Å². The Labute approximate surface area is 189 Å². The number of β-amino-alcohol motifs (C(OH)–C–C–N with tert-alkyl or cyclic N) is 1. The van der Waals surface area contributed by atoms with E-state index in [2.05, 4.69) is 38.9 Å². The summed E-state index contributed by atoms with van der Waals surface area (Å²) in [6.07, 6.45) is -1.23. The molecule has 2 aromatic rings. The molecule has 8 nitrogen and oxygen atoms in total. The van der Waals surface area contributed by atoms with Gasteiger partial charge in [0, 0.05) is 29.7 Å². The number of anilines is 2. The van der Waals surface area contributed by atoms with Crippen LogP contribution in [0.15, 0.2) is 42.5 Å². The van der Waals surface area contributed by atoms with Crippen LogP contribution in [0.2, 0.25) is 0 Å². The molecule has 2 saturated heterocycles. The van der Waals surface area contributed by atoms with Gasteiger partial charge in [-0.3, -0.25) is 0 Å². The molecule has 30 heavy (non-hydrogen) atoms. The van der Waals surface area contributed by atoms with Crippen LogP contribution in [-0.2, 0) is 16.1 Å². The largest absolute Gasteiger partial charge is 0.445 e. The first-order chi connectivity index (χ1) is 14.6. The molecule has 0 spiro atoms. The summed E-state index contributed by atoms with van der Waals surface area (Å²) < 4.78 is 11.8. The number of benzene rings is 1. The van der Waals surface area contributed by atoms with Crippen molar-refractivity contribution in [2.45, 2.75) is 18.8 Å². The van der Waals surface area contributed by atoms with Crippen molar-refractivity contribution < 1.29 is 19.4 Å². The number of halogens is 1. The van der Waals surface area contributed by atoms with Crippen molar-refractivity contribution in [3.05, 3.63) is 51.6 Å². The van der Waals surface area contributed by atoms with E-state index < -0.39 is 18.2 Å². The van der Waals surface area contributed by atoms with Crippen LogP contribution in [0.3, 0.4) is 0 Å². The third-order valence-corrected chi connectivity index (χ3v) is 5.85. The first kappa shape index (κ1) is 21.1. The average molecular weight is 524 g/mol. The molecule has 160 valence electrons. The maximum atomic E-state index is 12.2. The van der Waals surface area contributed by atoms with E-state index in [4.69, 9.17) is 14.5 Å². The zero-order chi connectivity index (χ0) is 20.9. The van der Waals surface area contributed by atoms with E-state index in [1.54, 1.807) is 0 Å². The van der Waals surface area contributed by atoms with Crippen molar-refractivity contribution in [1.82, 2.24) is 10.3 Å². The summed E-state index contributed by atoms with van der Waals surface area (Å²) in [6, 6.07) is 13.1. The smallest absolute Gasteiger partial charge is 0.407 e. The highest BCUT2D eigenvalue weighted by molar-refractivity contribution is 14.1. The highest BCUT2D eigenvalue weighted by atomic mass is 127. The van der Waals surface area contributed by atoms with Gasteiger partial charge in [0.05, 0.1) is 25.4 Å². The number of hydrogen-bond acceptors (Lipinski definition) is 7. The van der Waals surface area contributed by atoms with Gasteiger partial charge in [-0.2, -0.15) is 0 Å². The summed E-state index contributed by atoms with van der Waals surface area (Å²) in [7, 11) is 0. The summed E-state index contributed by atoms with van der Waals surface area (Å²) in [5, 5.41) is 13.3. The van der Waals surface area contributed by atoms with Gasteiger partial charge >= 0.3 is 6.09 Å². The predicted octanol–water partition coefficient (Wildman–Crippen LogP) is 2.00. The number of rotatable bonds is 5. The molecule has 2 fully saturated rings. The van der Waals surface area contributed by atoms with Crippen LogP contribution in [0.4, 0.5) is 16.4 Å². The lowest BCUT2D eigenvalue weighted by molar-refractivity contribution is 0.118.